The minimum absolute atomic E-state index is 0. The topological polar surface area (TPSA) is 3.24 Å². The minimum atomic E-state index is 0. The zero-order valence-corrected chi connectivity index (χ0v) is 5.53. The van der Waals surface area contributed by atoms with Crippen LogP contribution in [0, 0.1) is 17.8 Å². The number of rotatable bonds is 0. The van der Waals surface area contributed by atoms with Crippen LogP contribution >= 0.6 is 12.4 Å². The summed E-state index contributed by atoms with van der Waals surface area (Å²) in [4.78, 5) is 2.60. The van der Waals surface area contributed by atoms with Gasteiger partial charge in [0, 0.05) is 19.6 Å². The molecule has 0 radical (unpaired) electrons. The highest BCUT2D eigenvalue weighted by Gasteiger charge is 2.62. The van der Waals surface area contributed by atoms with E-state index in [-0.39, 0.29) is 12.4 Å². The Morgan fingerprint density at radius 1 is 0.875 bits per heavy atom. The molecule has 0 aromatic rings. The molecule has 1 nitrogen and oxygen atoms in total. The first-order valence-electron chi connectivity index (χ1n) is 3.17. The first-order valence-corrected chi connectivity index (χ1v) is 3.17. The number of nitrogens with zero attached hydrogens (tertiary/aromatic N) is 1. The lowest BCUT2D eigenvalue weighted by Gasteiger charge is -2.01. The van der Waals surface area contributed by atoms with Crippen molar-refractivity contribution in [1.29, 1.82) is 0 Å². The third kappa shape index (κ3) is 0.348. The van der Waals surface area contributed by atoms with Crippen LogP contribution in [0.3, 0.4) is 0 Å². The minimum Gasteiger partial charge on any atom is -0.302 e. The van der Waals surface area contributed by atoms with Crippen molar-refractivity contribution in [2.24, 2.45) is 17.8 Å². The maximum absolute atomic E-state index is 2.60. The molecule has 4 rings (SSSR count). The van der Waals surface area contributed by atoms with E-state index in [0.717, 1.165) is 0 Å². The van der Waals surface area contributed by atoms with E-state index < -0.39 is 0 Å². The van der Waals surface area contributed by atoms with E-state index in [0.29, 0.717) is 0 Å². The van der Waals surface area contributed by atoms with Crippen molar-refractivity contribution >= 4 is 12.4 Å². The Morgan fingerprint density at radius 2 is 1.25 bits per heavy atom. The van der Waals surface area contributed by atoms with Crippen LogP contribution < -0.4 is 0 Å². The van der Waals surface area contributed by atoms with Gasteiger partial charge in [-0.3, -0.25) is 0 Å². The monoisotopic (exact) mass is 131 g/mol. The zero-order valence-electron chi connectivity index (χ0n) is 4.71. The Balaban J connectivity index is 0.000000270. The van der Waals surface area contributed by atoms with E-state index in [2.05, 4.69) is 4.90 Å². The lowest BCUT2D eigenvalue weighted by atomic mass is 10.4. The maximum Gasteiger partial charge on any atom is 0.00164 e. The van der Waals surface area contributed by atoms with Gasteiger partial charge in [0.2, 0.25) is 0 Å². The number of halogens is 1. The highest BCUT2D eigenvalue weighted by molar-refractivity contribution is 5.85. The summed E-state index contributed by atoms with van der Waals surface area (Å²) in [6, 6.07) is 0. The summed E-state index contributed by atoms with van der Waals surface area (Å²) in [5.74, 6) is 3.54. The van der Waals surface area contributed by atoms with Gasteiger partial charge in [-0.1, -0.05) is 0 Å². The van der Waals surface area contributed by atoms with Crippen molar-refractivity contribution in [2.75, 3.05) is 19.6 Å². The van der Waals surface area contributed by atoms with Crippen LogP contribution in [0.1, 0.15) is 0 Å². The fourth-order valence-corrected chi connectivity index (χ4v) is 2.45. The second-order valence-corrected chi connectivity index (χ2v) is 3.21. The molecule has 0 amide bonds. The molecule has 8 heavy (non-hydrogen) atoms. The Labute approximate surface area is 55.5 Å². The number of hydrogen-bond acceptors (Lipinski definition) is 1. The van der Waals surface area contributed by atoms with Crippen molar-refractivity contribution in [2.45, 2.75) is 0 Å². The van der Waals surface area contributed by atoms with Crippen molar-refractivity contribution in [3.05, 3.63) is 0 Å². The van der Waals surface area contributed by atoms with Gasteiger partial charge >= 0.3 is 0 Å². The maximum atomic E-state index is 2.60. The van der Waals surface area contributed by atoms with E-state index in [9.17, 15) is 0 Å². The Kier molecular flexibility index (Phi) is 0.771. The summed E-state index contributed by atoms with van der Waals surface area (Å²) in [5.41, 5.74) is 0. The molecule has 0 unspecified atom stereocenters. The van der Waals surface area contributed by atoms with E-state index in [1.807, 2.05) is 0 Å². The summed E-state index contributed by atoms with van der Waals surface area (Å²) < 4.78 is 0. The summed E-state index contributed by atoms with van der Waals surface area (Å²) in [5, 5.41) is 0. The number of piperidine rings is 3. The molecule has 4 aliphatic rings. The predicted octanol–water partition coefficient (Wildman–Crippen LogP) is 0.600. The third-order valence-electron chi connectivity index (χ3n) is 2.92. The largest absolute Gasteiger partial charge is 0.302 e. The summed E-state index contributed by atoms with van der Waals surface area (Å²) in [7, 11) is 0. The molecule has 0 aromatic heterocycles. The smallest absolute Gasteiger partial charge is 0.00164 e. The lowest BCUT2D eigenvalue weighted by Crippen LogP contribution is -2.11. The van der Waals surface area contributed by atoms with Crippen LogP contribution in [0.25, 0.3) is 0 Å². The van der Waals surface area contributed by atoms with E-state index in [1.54, 1.807) is 0 Å². The molecule has 3 heterocycles. The molecule has 2 heteroatoms. The average Bonchev–Trinajstić information content (AvgIpc) is 2.10. The lowest BCUT2D eigenvalue weighted by molar-refractivity contribution is 0.409. The van der Waals surface area contributed by atoms with E-state index in [4.69, 9.17) is 0 Å². The summed E-state index contributed by atoms with van der Waals surface area (Å²) >= 11 is 0. The normalized spacial score (nSPS) is 63.0. The van der Waals surface area contributed by atoms with Gasteiger partial charge in [-0.05, 0) is 17.8 Å². The molecule has 1 aliphatic carbocycles. The molecule has 0 aromatic carbocycles. The molecule has 0 spiro atoms. The third-order valence-corrected chi connectivity index (χ3v) is 2.92. The standard InChI is InChI=1S/C6H9N.ClH/c1-4-5-2-7(1)3-6(4)5;/h4-6H,1-3H2;1H. The number of hydrogen-bond donors (Lipinski definition) is 0. The molecule has 0 atom stereocenters. The SMILES string of the molecule is C1C2C3CN1CC23.Cl. The Hall–Kier alpha value is 0.250. The molecular formula is C6H10ClN. The molecule has 1 saturated carbocycles. The highest BCUT2D eigenvalue weighted by atomic mass is 35.5. The van der Waals surface area contributed by atoms with Crippen LogP contribution in [0.4, 0.5) is 0 Å². The van der Waals surface area contributed by atoms with Gasteiger partial charge in [0.1, 0.15) is 0 Å². The zero-order chi connectivity index (χ0) is 4.43. The second kappa shape index (κ2) is 1.22. The molecule has 46 valence electrons. The molecular weight excluding hydrogens is 122 g/mol. The Bertz CT molecular complexity index is 95.9. The Morgan fingerprint density at radius 3 is 1.38 bits per heavy atom. The first-order chi connectivity index (χ1) is 3.45. The van der Waals surface area contributed by atoms with Crippen molar-refractivity contribution in [1.82, 2.24) is 4.90 Å². The fraction of sp³-hybridized carbons (Fsp3) is 1.00. The second-order valence-electron chi connectivity index (χ2n) is 3.21. The van der Waals surface area contributed by atoms with Gasteiger partial charge in [-0.2, -0.15) is 0 Å². The van der Waals surface area contributed by atoms with Gasteiger partial charge in [0.05, 0.1) is 0 Å². The van der Waals surface area contributed by atoms with Gasteiger partial charge in [0.25, 0.3) is 0 Å². The fourth-order valence-electron chi connectivity index (χ4n) is 2.45. The van der Waals surface area contributed by atoms with Crippen LogP contribution in [0.15, 0.2) is 0 Å². The molecule has 3 saturated heterocycles. The van der Waals surface area contributed by atoms with Crippen molar-refractivity contribution in [3.8, 4) is 0 Å². The van der Waals surface area contributed by atoms with Gasteiger partial charge in [-0.25, -0.2) is 0 Å². The van der Waals surface area contributed by atoms with E-state index >= 15 is 0 Å². The van der Waals surface area contributed by atoms with Crippen molar-refractivity contribution in [3.63, 3.8) is 0 Å². The molecule has 4 bridgehead atoms. The van der Waals surface area contributed by atoms with Crippen LogP contribution in [0.2, 0.25) is 0 Å². The van der Waals surface area contributed by atoms with Gasteiger partial charge in [-0.15, -0.1) is 12.4 Å². The van der Waals surface area contributed by atoms with Crippen molar-refractivity contribution < 1.29 is 0 Å². The van der Waals surface area contributed by atoms with Gasteiger partial charge < -0.3 is 4.90 Å². The molecule has 4 fully saturated rings. The average molecular weight is 132 g/mol. The molecule has 3 aliphatic heterocycles. The highest BCUT2D eigenvalue weighted by Crippen LogP contribution is 2.58. The summed E-state index contributed by atoms with van der Waals surface area (Å²) in [6.45, 7) is 4.36. The quantitative estimate of drug-likeness (QED) is 0.466. The van der Waals surface area contributed by atoms with Crippen LogP contribution in [0.5, 0.6) is 0 Å². The molecule has 0 N–H and O–H groups in total. The van der Waals surface area contributed by atoms with Crippen LogP contribution in [-0.2, 0) is 0 Å². The van der Waals surface area contributed by atoms with Gasteiger partial charge in [0.15, 0.2) is 0 Å². The van der Waals surface area contributed by atoms with Crippen LogP contribution in [-0.4, -0.2) is 24.5 Å². The summed E-state index contributed by atoms with van der Waals surface area (Å²) in [6.07, 6.45) is 0. The predicted molar refractivity (Wildman–Crippen MR) is 34.2 cm³/mol. The first kappa shape index (κ1) is 5.07. The van der Waals surface area contributed by atoms with E-state index in [1.165, 1.54) is 37.4 Å².